The van der Waals surface area contributed by atoms with E-state index in [1.807, 2.05) is 0 Å². The SMILES string of the molecule is Cc1ccc(C)c(C(O)C2(CN)CCC(C(C)C)CC2)c1. The van der Waals surface area contributed by atoms with Gasteiger partial charge in [-0.2, -0.15) is 0 Å². The molecule has 0 amide bonds. The lowest BCUT2D eigenvalue weighted by atomic mass is 9.64. The van der Waals surface area contributed by atoms with Crippen molar-refractivity contribution in [3.8, 4) is 0 Å². The van der Waals surface area contributed by atoms with Gasteiger partial charge in [-0.1, -0.05) is 37.6 Å². The van der Waals surface area contributed by atoms with E-state index in [4.69, 9.17) is 5.73 Å². The van der Waals surface area contributed by atoms with Crippen LogP contribution in [0.1, 0.15) is 62.3 Å². The smallest absolute Gasteiger partial charge is 0.0860 e. The van der Waals surface area contributed by atoms with E-state index in [2.05, 4.69) is 45.9 Å². The highest BCUT2D eigenvalue weighted by molar-refractivity contribution is 5.33. The molecule has 1 unspecified atom stereocenters. The monoisotopic (exact) mass is 289 g/mol. The molecule has 1 saturated carbocycles. The van der Waals surface area contributed by atoms with Crippen LogP contribution in [0.4, 0.5) is 0 Å². The Balaban J connectivity index is 2.23. The van der Waals surface area contributed by atoms with Gasteiger partial charge in [0, 0.05) is 12.0 Å². The second kappa shape index (κ2) is 6.50. The van der Waals surface area contributed by atoms with Crippen LogP contribution in [0.2, 0.25) is 0 Å². The summed E-state index contributed by atoms with van der Waals surface area (Å²) < 4.78 is 0. The fourth-order valence-electron chi connectivity index (χ4n) is 3.86. The average Bonchev–Trinajstić information content (AvgIpc) is 2.49. The van der Waals surface area contributed by atoms with E-state index < -0.39 is 6.10 Å². The van der Waals surface area contributed by atoms with Crippen molar-refractivity contribution in [1.29, 1.82) is 0 Å². The van der Waals surface area contributed by atoms with E-state index in [0.717, 1.165) is 30.2 Å². The quantitative estimate of drug-likeness (QED) is 0.875. The highest BCUT2D eigenvalue weighted by Crippen LogP contribution is 2.48. The summed E-state index contributed by atoms with van der Waals surface area (Å²) in [4.78, 5) is 0. The number of benzene rings is 1. The number of aryl methyl sites for hydroxylation is 2. The van der Waals surface area contributed by atoms with Gasteiger partial charge < -0.3 is 10.8 Å². The standard InChI is InChI=1S/C19H31NO/c1-13(2)16-7-9-19(12-20,10-8-16)18(21)17-11-14(3)5-6-15(17)4/h5-6,11,13,16,18,21H,7-10,12,20H2,1-4H3. The van der Waals surface area contributed by atoms with Crippen molar-refractivity contribution >= 4 is 0 Å². The molecule has 1 aliphatic rings. The first-order valence-electron chi connectivity index (χ1n) is 8.35. The lowest BCUT2D eigenvalue weighted by molar-refractivity contribution is -0.0152. The van der Waals surface area contributed by atoms with Gasteiger partial charge in [-0.3, -0.25) is 0 Å². The van der Waals surface area contributed by atoms with Gasteiger partial charge in [-0.05, 0) is 62.5 Å². The van der Waals surface area contributed by atoms with E-state index in [9.17, 15) is 5.11 Å². The maximum absolute atomic E-state index is 11.0. The van der Waals surface area contributed by atoms with Crippen molar-refractivity contribution in [3.63, 3.8) is 0 Å². The minimum Gasteiger partial charge on any atom is -0.388 e. The largest absolute Gasteiger partial charge is 0.388 e. The lowest BCUT2D eigenvalue weighted by Crippen LogP contribution is -2.41. The van der Waals surface area contributed by atoms with Gasteiger partial charge >= 0.3 is 0 Å². The summed E-state index contributed by atoms with van der Waals surface area (Å²) in [6, 6.07) is 6.35. The number of nitrogens with two attached hydrogens (primary N) is 1. The van der Waals surface area contributed by atoms with Crippen molar-refractivity contribution in [1.82, 2.24) is 0 Å². The van der Waals surface area contributed by atoms with Gasteiger partial charge in [0.15, 0.2) is 0 Å². The molecular formula is C19H31NO. The van der Waals surface area contributed by atoms with E-state index in [1.165, 1.54) is 24.0 Å². The molecule has 0 bridgehead atoms. The zero-order chi connectivity index (χ0) is 15.6. The molecule has 0 aromatic heterocycles. The topological polar surface area (TPSA) is 46.2 Å². The van der Waals surface area contributed by atoms with Crippen LogP contribution in [0.3, 0.4) is 0 Å². The zero-order valence-electron chi connectivity index (χ0n) is 14.0. The summed E-state index contributed by atoms with van der Waals surface area (Å²) in [7, 11) is 0. The predicted molar refractivity (Wildman–Crippen MR) is 89.2 cm³/mol. The van der Waals surface area contributed by atoms with Crippen LogP contribution in [0.25, 0.3) is 0 Å². The summed E-state index contributed by atoms with van der Waals surface area (Å²) in [6.07, 6.45) is 4.03. The number of aliphatic hydroxyl groups excluding tert-OH is 1. The van der Waals surface area contributed by atoms with Crippen LogP contribution < -0.4 is 5.73 Å². The van der Waals surface area contributed by atoms with Crippen molar-refractivity contribution in [2.24, 2.45) is 23.0 Å². The summed E-state index contributed by atoms with van der Waals surface area (Å²) in [6.45, 7) is 9.36. The zero-order valence-corrected chi connectivity index (χ0v) is 14.0. The van der Waals surface area contributed by atoms with Gasteiger partial charge in [-0.25, -0.2) is 0 Å². The number of aliphatic hydroxyl groups is 1. The lowest BCUT2D eigenvalue weighted by Gasteiger charge is -2.44. The Kier molecular flexibility index (Phi) is 5.11. The maximum Gasteiger partial charge on any atom is 0.0860 e. The Morgan fingerprint density at radius 2 is 1.86 bits per heavy atom. The Hall–Kier alpha value is -0.860. The van der Waals surface area contributed by atoms with Crippen LogP contribution in [0.15, 0.2) is 18.2 Å². The summed E-state index contributed by atoms with van der Waals surface area (Å²) in [5.74, 6) is 1.52. The minimum absolute atomic E-state index is 0.135. The molecule has 2 nitrogen and oxygen atoms in total. The van der Waals surface area contributed by atoms with Crippen molar-refractivity contribution in [3.05, 3.63) is 34.9 Å². The van der Waals surface area contributed by atoms with Crippen LogP contribution in [-0.2, 0) is 0 Å². The van der Waals surface area contributed by atoms with E-state index in [0.29, 0.717) is 6.54 Å². The van der Waals surface area contributed by atoms with E-state index in [1.54, 1.807) is 0 Å². The first-order chi connectivity index (χ1) is 9.89. The number of rotatable bonds is 4. The Morgan fingerprint density at radius 1 is 1.24 bits per heavy atom. The third-order valence-corrected chi connectivity index (χ3v) is 5.68. The van der Waals surface area contributed by atoms with Gasteiger partial charge in [0.2, 0.25) is 0 Å². The third-order valence-electron chi connectivity index (χ3n) is 5.68. The highest BCUT2D eigenvalue weighted by Gasteiger charge is 2.41. The second-order valence-corrected chi connectivity index (χ2v) is 7.41. The van der Waals surface area contributed by atoms with Crippen LogP contribution in [0, 0.1) is 31.1 Å². The van der Waals surface area contributed by atoms with Gasteiger partial charge in [-0.15, -0.1) is 0 Å². The molecule has 2 rings (SSSR count). The normalized spacial score (nSPS) is 27.9. The molecular weight excluding hydrogens is 258 g/mol. The molecule has 21 heavy (non-hydrogen) atoms. The highest BCUT2D eigenvalue weighted by atomic mass is 16.3. The minimum atomic E-state index is -0.435. The Morgan fingerprint density at radius 3 is 2.38 bits per heavy atom. The van der Waals surface area contributed by atoms with Crippen molar-refractivity contribution in [2.45, 2.75) is 59.5 Å². The fraction of sp³-hybridized carbons (Fsp3) is 0.684. The Labute approximate surface area is 129 Å². The maximum atomic E-state index is 11.0. The number of hydrogen-bond donors (Lipinski definition) is 2. The molecule has 3 N–H and O–H groups in total. The van der Waals surface area contributed by atoms with Gasteiger partial charge in [0.25, 0.3) is 0 Å². The van der Waals surface area contributed by atoms with Crippen LogP contribution in [-0.4, -0.2) is 11.7 Å². The van der Waals surface area contributed by atoms with Crippen LogP contribution in [0.5, 0.6) is 0 Å². The summed E-state index contributed by atoms with van der Waals surface area (Å²) in [5.41, 5.74) is 9.44. The first kappa shape index (κ1) is 16.5. The summed E-state index contributed by atoms with van der Waals surface area (Å²) in [5, 5.41) is 11.0. The van der Waals surface area contributed by atoms with Gasteiger partial charge in [0.05, 0.1) is 6.10 Å². The molecule has 1 aromatic rings. The van der Waals surface area contributed by atoms with Crippen molar-refractivity contribution < 1.29 is 5.11 Å². The Bertz CT molecular complexity index is 472. The molecule has 1 atom stereocenters. The molecule has 0 heterocycles. The van der Waals surface area contributed by atoms with E-state index >= 15 is 0 Å². The van der Waals surface area contributed by atoms with E-state index in [-0.39, 0.29) is 5.41 Å². The second-order valence-electron chi connectivity index (χ2n) is 7.41. The van der Waals surface area contributed by atoms with Crippen LogP contribution >= 0.6 is 0 Å². The molecule has 0 saturated heterocycles. The first-order valence-corrected chi connectivity index (χ1v) is 8.35. The molecule has 1 aliphatic carbocycles. The third kappa shape index (κ3) is 3.32. The number of hydrogen-bond acceptors (Lipinski definition) is 2. The molecule has 1 fully saturated rings. The average molecular weight is 289 g/mol. The van der Waals surface area contributed by atoms with Gasteiger partial charge in [0.1, 0.15) is 0 Å². The summed E-state index contributed by atoms with van der Waals surface area (Å²) >= 11 is 0. The fourth-order valence-corrected chi connectivity index (χ4v) is 3.86. The molecule has 0 aliphatic heterocycles. The molecule has 0 radical (unpaired) electrons. The van der Waals surface area contributed by atoms with Crippen molar-refractivity contribution in [2.75, 3.05) is 6.54 Å². The molecule has 118 valence electrons. The molecule has 1 aromatic carbocycles. The molecule has 0 spiro atoms. The molecule has 2 heteroatoms. The predicted octanol–water partition coefficient (Wildman–Crippen LogP) is 4.13.